The van der Waals surface area contributed by atoms with E-state index in [4.69, 9.17) is 5.73 Å². The van der Waals surface area contributed by atoms with E-state index in [1.54, 1.807) is 0 Å². The van der Waals surface area contributed by atoms with Crippen LogP contribution in [0.1, 0.15) is 12.5 Å². The number of thiol groups is 1. The third kappa shape index (κ3) is 2.78. The fourth-order valence-corrected chi connectivity index (χ4v) is 1.25. The average molecular weight is 181 g/mol. The largest absolute Gasteiger partial charge is 0.399 e. The van der Waals surface area contributed by atoms with Gasteiger partial charge >= 0.3 is 0 Å². The summed E-state index contributed by atoms with van der Waals surface area (Å²) in [4.78, 5) is 0. The van der Waals surface area contributed by atoms with Crippen LogP contribution in [0, 0.1) is 5.92 Å². The second-order valence-electron chi connectivity index (χ2n) is 3.23. The van der Waals surface area contributed by atoms with E-state index in [1.165, 1.54) is 5.56 Å². The van der Waals surface area contributed by atoms with Gasteiger partial charge in [0.15, 0.2) is 0 Å². The molecule has 0 saturated carbocycles. The average Bonchev–Trinajstić information content (AvgIpc) is 2.09. The zero-order chi connectivity index (χ0) is 8.97. The molecule has 0 saturated heterocycles. The van der Waals surface area contributed by atoms with Crippen LogP contribution in [0.4, 0.5) is 5.69 Å². The lowest BCUT2D eigenvalue weighted by molar-refractivity contribution is 0.660. The maximum Gasteiger partial charge on any atom is 0.0314 e. The van der Waals surface area contributed by atoms with Gasteiger partial charge in [0, 0.05) is 5.69 Å². The summed E-state index contributed by atoms with van der Waals surface area (Å²) in [6.07, 6.45) is 1.09. The molecule has 1 rings (SSSR count). The molecule has 0 spiro atoms. The van der Waals surface area contributed by atoms with E-state index in [1.807, 2.05) is 12.1 Å². The van der Waals surface area contributed by atoms with Crippen molar-refractivity contribution >= 4 is 18.3 Å². The van der Waals surface area contributed by atoms with Gasteiger partial charge in [0.2, 0.25) is 0 Å². The molecule has 0 fully saturated rings. The highest BCUT2D eigenvalue weighted by atomic mass is 32.1. The van der Waals surface area contributed by atoms with Gasteiger partial charge in [0.05, 0.1) is 0 Å². The molecule has 0 aliphatic carbocycles. The molecule has 0 amide bonds. The molecular formula is C10H15NS. The van der Waals surface area contributed by atoms with Crippen LogP contribution in [0.15, 0.2) is 24.3 Å². The minimum atomic E-state index is 0.636. The van der Waals surface area contributed by atoms with Crippen molar-refractivity contribution in [3.63, 3.8) is 0 Å². The molecule has 0 aliphatic rings. The van der Waals surface area contributed by atoms with Gasteiger partial charge < -0.3 is 5.73 Å². The molecule has 0 bridgehead atoms. The zero-order valence-corrected chi connectivity index (χ0v) is 8.22. The lowest BCUT2D eigenvalue weighted by Crippen LogP contribution is -2.00. The van der Waals surface area contributed by atoms with Crippen molar-refractivity contribution in [1.29, 1.82) is 0 Å². The Bertz CT molecular complexity index is 230. The number of benzene rings is 1. The van der Waals surface area contributed by atoms with E-state index in [-0.39, 0.29) is 0 Å². The van der Waals surface area contributed by atoms with Gasteiger partial charge in [0.1, 0.15) is 0 Å². The Morgan fingerprint density at radius 2 is 1.92 bits per heavy atom. The summed E-state index contributed by atoms with van der Waals surface area (Å²) in [6, 6.07) is 8.05. The summed E-state index contributed by atoms with van der Waals surface area (Å²) < 4.78 is 0. The summed E-state index contributed by atoms with van der Waals surface area (Å²) in [6.45, 7) is 2.20. The van der Waals surface area contributed by atoms with Crippen molar-refractivity contribution in [2.45, 2.75) is 13.3 Å². The normalized spacial score (nSPS) is 12.8. The second-order valence-corrected chi connectivity index (χ2v) is 3.60. The van der Waals surface area contributed by atoms with E-state index >= 15 is 0 Å². The quantitative estimate of drug-likeness (QED) is 0.543. The molecule has 1 nitrogen and oxygen atoms in total. The number of nitrogen functional groups attached to an aromatic ring is 1. The van der Waals surface area contributed by atoms with E-state index in [2.05, 4.69) is 31.7 Å². The molecule has 0 aromatic heterocycles. The van der Waals surface area contributed by atoms with Crippen LogP contribution >= 0.6 is 12.6 Å². The summed E-state index contributed by atoms with van der Waals surface area (Å²) in [5.74, 6) is 1.57. The maximum absolute atomic E-state index is 5.57. The van der Waals surface area contributed by atoms with Gasteiger partial charge in [-0.05, 0) is 35.8 Å². The number of nitrogens with two attached hydrogens (primary N) is 1. The lowest BCUT2D eigenvalue weighted by Gasteiger charge is -2.07. The Balaban J connectivity index is 2.58. The maximum atomic E-state index is 5.57. The molecule has 1 atom stereocenters. The van der Waals surface area contributed by atoms with Crippen LogP contribution in [0.3, 0.4) is 0 Å². The Labute approximate surface area is 79.4 Å². The van der Waals surface area contributed by atoms with Crippen LogP contribution in [0.2, 0.25) is 0 Å². The predicted molar refractivity (Wildman–Crippen MR) is 57.6 cm³/mol. The van der Waals surface area contributed by atoms with Crippen molar-refractivity contribution in [1.82, 2.24) is 0 Å². The highest BCUT2D eigenvalue weighted by Gasteiger charge is 2.00. The zero-order valence-electron chi connectivity index (χ0n) is 7.33. The monoisotopic (exact) mass is 181 g/mol. The molecular weight excluding hydrogens is 166 g/mol. The molecule has 66 valence electrons. The van der Waals surface area contributed by atoms with Crippen molar-refractivity contribution < 1.29 is 0 Å². The molecule has 0 radical (unpaired) electrons. The molecule has 1 unspecified atom stereocenters. The summed E-state index contributed by atoms with van der Waals surface area (Å²) >= 11 is 4.24. The van der Waals surface area contributed by atoms with Crippen LogP contribution in [-0.4, -0.2) is 5.75 Å². The van der Waals surface area contributed by atoms with Gasteiger partial charge in [0.25, 0.3) is 0 Å². The van der Waals surface area contributed by atoms with E-state index in [0.29, 0.717) is 5.92 Å². The fraction of sp³-hybridized carbons (Fsp3) is 0.400. The first-order chi connectivity index (χ1) is 5.72. The Morgan fingerprint density at radius 3 is 2.42 bits per heavy atom. The number of hydrogen-bond acceptors (Lipinski definition) is 2. The fourth-order valence-electron chi connectivity index (χ4n) is 1.12. The van der Waals surface area contributed by atoms with Gasteiger partial charge in [-0.25, -0.2) is 0 Å². The smallest absolute Gasteiger partial charge is 0.0314 e. The minimum absolute atomic E-state index is 0.636. The molecule has 0 aliphatic heterocycles. The topological polar surface area (TPSA) is 26.0 Å². The van der Waals surface area contributed by atoms with Crippen molar-refractivity contribution in [2.75, 3.05) is 11.5 Å². The molecule has 2 heteroatoms. The van der Waals surface area contributed by atoms with Crippen molar-refractivity contribution in [2.24, 2.45) is 5.92 Å². The molecule has 2 N–H and O–H groups in total. The van der Waals surface area contributed by atoms with Crippen molar-refractivity contribution in [3.8, 4) is 0 Å². The van der Waals surface area contributed by atoms with Gasteiger partial charge in [-0.15, -0.1) is 0 Å². The van der Waals surface area contributed by atoms with Gasteiger partial charge in [-0.3, -0.25) is 0 Å². The number of rotatable bonds is 3. The highest BCUT2D eigenvalue weighted by Crippen LogP contribution is 2.11. The number of anilines is 1. The minimum Gasteiger partial charge on any atom is -0.399 e. The number of hydrogen-bond donors (Lipinski definition) is 2. The molecule has 1 aromatic carbocycles. The lowest BCUT2D eigenvalue weighted by atomic mass is 10.0. The van der Waals surface area contributed by atoms with Crippen LogP contribution < -0.4 is 5.73 Å². The summed E-state index contributed by atoms with van der Waals surface area (Å²) in [5, 5.41) is 0. The molecule has 0 heterocycles. The first-order valence-electron chi connectivity index (χ1n) is 4.17. The Hall–Kier alpha value is -0.630. The third-order valence-electron chi connectivity index (χ3n) is 1.88. The molecule has 12 heavy (non-hydrogen) atoms. The van der Waals surface area contributed by atoms with E-state index in [0.717, 1.165) is 17.9 Å². The first kappa shape index (κ1) is 9.46. The van der Waals surface area contributed by atoms with Crippen LogP contribution in [0.25, 0.3) is 0 Å². The van der Waals surface area contributed by atoms with E-state index < -0.39 is 0 Å². The third-order valence-corrected chi connectivity index (χ3v) is 2.50. The Morgan fingerprint density at radius 1 is 1.33 bits per heavy atom. The predicted octanol–water partition coefficient (Wildman–Crippen LogP) is 2.38. The van der Waals surface area contributed by atoms with Gasteiger partial charge in [-0.1, -0.05) is 19.1 Å². The van der Waals surface area contributed by atoms with Gasteiger partial charge in [-0.2, -0.15) is 12.6 Å². The summed E-state index contributed by atoms with van der Waals surface area (Å²) in [7, 11) is 0. The standard InChI is InChI=1S/C10H15NS/c1-8(7-12)6-9-2-4-10(11)5-3-9/h2-5,8,12H,6-7,11H2,1H3. The van der Waals surface area contributed by atoms with Crippen LogP contribution in [0.5, 0.6) is 0 Å². The van der Waals surface area contributed by atoms with E-state index in [9.17, 15) is 0 Å². The molecule has 1 aromatic rings. The highest BCUT2D eigenvalue weighted by molar-refractivity contribution is 7.80. The second kappa shape index (κ2) is 4.41. The first-order valence-corrected chi connectivity index (χ1v) is 4.81. The summed E-state index contributed by atoms with van der Waals surface area (Å²) in [5.41, 5.74) is 7.74. The van der Waals surface area contributed by atoms with Crippen LogP contribution in [-0.2, 0) is 6.42 Å². The van der Waals surface area contributed by atoms with Crippen molar-refractivity contribution in [3.05, 3.63) is 29.8 Å². The Kier molecular flexibility index (Phi) is 3.48. The SMILES string of the molecule is CC(CS)Cc1ccc(N)cc1.